The van der Waals surface area contributed by atoms with Gasteiger partial charge in [-0.2, -0.15) is 0 Å². The average Bonchev–Trinajstić information content (AvgIpc) is 2.47. The monoisotopic (exact) mass is 302 g/mol. The number of rotatable bonds is 2. The normalized spacial score (nSPS) is 25.3. The Morgan fingerprint density at radius 1 is 1.14 bits per heavy atom. The maximum Gasteiger partial charge on any atom is 0.410 e. The van der Waals surface area contributed by atoms with Crippen molar-refractivity contribution in [1.29, 1.82) is 0 Å². The van der Waals surface area contributed by atoms with Gasteiger partial charge in [0.15, 0.2) is 0 Å². The Morgan fingerprint density at radius 3 is 2.41 bits per heavy atom. The van der Waals surface area contributed by atoms with Crippen molar-refractivity contribution in [3.63, 3.8) is 0 Å². The number of hydrogen-bond acceptors (Lipinski definition) is 3. The predicted octanol–water partition coefficient (Wildman–Crippen LogP) is 3.27. The van der Waals surface area contributed by atoms with E-state index in [1.807, 2.05) is 25.7 Å². The maximum absolute atomic E-state index is 12.4. The molecule has 0 aliphatic carbocycles. The molecule has 3 aliphatic heterocycles. The molecule has 2 bridgehead atoms. The second-order valence-corrected chi connectivity index (χ2v) is 7.43. The zero-order chi connectivity index (χ0) is 15.7. The number of hydrogen-bond donors (Lipinski definition) is 0. The number of amides is 1. The minimum Gasteiger partial charge on any atom is -0.444 e. The number of carbonyl (C=O) groups excluding carboxylic acids is 1. The van der Waals surface area contributed by atoms with E-state index in [4.69, 9.17) is 4.74 Å². The molecule has 2 atom stereocenters. The van der Waals surface area contributed by atoms with Crippen LogP contribution in [0.4, 0.5) is 4.79 Å². The third kappa shape index (κ3) is 3.43. The second kappa shape index (κ2) is 5.92. The number of nitrogens with zero attached hydrogens (tertiary/aromatic N) is 2. The van der Waals surface area contributed by atoms with Gasteiger partial charge >= 0.3 is 6.09 Å². The molecule has 3 saturated heterocycles. The third-order valence-corrected chi connectivity index (χ3v) is 4.50. The second-order valence-electron chi connectivity index (χ2n) is 7.43. The topological polar surface area (TPSA) is 32.8 Å². The molecule has 3 aliphatic rings. The highest BCUT2D eigenvalue weighted by molar-refractivity contribution is 5.69. The van der Waals surface area contributed by atoms with E-state index in [1.54, 1.807) is 0 Å². The molecule has 0 N–H and O–H groups in total. The highest BCUT2D eigenvalue weighted by Gasteiger charge is 2.42. The van der Waals surface area contributed by atoms with Gasteiger partial charge in [0.2, 0.25) is 0 Å². The lowest BCUT2D eigenvalue weighted by Crippen LogP contribution is -2.63. The molecule has 120 valence electrons. The highest BCUT2D eigenvalue weighted by Crippen LogP contribution is 2.31. The Balaban J connectivity index is 1.63. The summed E-state index contributed by atoms with van der Waals surface area (Å²) in [5.41, 5.74) is 0.927. The first-order valence-corrected chi connectivity index (χ1v) is 8.20. The Bertz CT molecular complexity index is 524. The van der Waals surface area contributed by atoms with E-state index < -0.39 is 5.60 Å². The van der Waals surface area contributed by atoms with Gasteiger partial charge in [-0.25, -0.2) is 4.79 Å². The highest BCUT2D eigenvalue weighted by atomic mass is 16.6. The van der Waals surface area contributed by atoms with Gasteiger partial charge in [-0.3, -0.25) is 4.90 Å². The Morgan fingerprint density at radius 2 is 1.82 bits per heavy atom. The van der Waals surface area contributed by atoms with E-state index in [9.17, 15) is 4.79 Å². The summed E-state index contributed by atoms with van der Waals surface area (Å²) in [6.45, 7) is 8.51. The first-order chi connectivity index (χ1) is 10.4. The van der Waals surface area contributed by atoms with Gasteiger partial charge in [0.05, 0.1) is 0 Å². The van der Waals surface area contributed by atoms with Crippen molar-refractivity contribution in [2.45, 2.75) is 57.8 Å². The predicted molar refractivity (Wildman–Crippen MR) is 86.6 cm³/mol. The van der Waals surface area contributed by atoms with Gasteiger partial charge in [0, 0.05) is 31.7 Å². The average molecular weight is 302 g/mol. The maximum atomic E-state index is 12.4. The first-order valence-electron chi connectivity index (χ1n) is 8.20. The van der Waals surface area contributed by atoms with E-state index in [-0.39, 0.29) is 6.09 Å². The molecule has 4 nitrogen and oxygen atoms in total. The molecule has 1 amide bonds. The van der Waals surface area contributed by atoms with Crippen molar-refractivity contribution >= 4 is 6.09 Å². The number of carbonyl (C=O) groups is 1. The molecular formula is C18H26N2O2. The number of piperidine rings is 2. The van der Waals surface area contributed by atoms with Gasteiger partial charge < -0.3 is 9.64 Å². The first kappa shape index (κ1) is 15.3. The molecule has 0 aromatic heterocycles. The molecule has 22 heavy (non-hydrogen) atoms. The molecule has 4 heteroatoms. The summed E-state index contributed by atoms with van der Waals surface area (Å²) in [4.78, 5) is 16.8. The molecular weight excluding hydrogens is 276 g/mol. The summed E-state index contributed by atoms with van der Waals surface area (Å²) in [5, 5.41) is 0. The van der Waals surface area contributed by atoms with Crippen molar-refractivity contribution in [3.8, 4) is 0 Å². The van der Waals surface area contributed by atoms with Gasteiger partial charge in [-0.15, -0.1) is 0 Å². The van der Waals surface area contributed by atoms with Crippen LogP contribution < -0.4 is 0 Å². The number of fused-ring (bicyclic) bond motifs is 3. The molecule has 1 aromatic rings. The summed E-state index contributed by atoms with van der Waals surface area (Å²) in [6, 6.07) is 11.3. The Kier molecular flexibility index (Phi) is 4.13. The minimum absolute atomic E-state index is 0.151. The summed E-state index contributed by atoms with van der Waals surface area (Å²) in [7, 11) is 0. The van der Waals surface area contributed by atoms with Crippen LogP contribution in [0.3, 0.4) is 0 Å². The fraction of sp³-hybridized carbons (Fsp3) is 0.611. The van der Waals surface area contributed by atoms with Crippen LogP contribution in [-0.4, -0.2) is 46.7 Å². The SMILES string of the molecule is CC(C)(C)OC(=O)N1C[C@@H]2CC[C@H]1CN2Cc1ccccc1. The van der Waals surface area contributed by atoms with E-state index in [2.05, 4.69) is 35.2 Å². The molecule has 0 radical (unpaired) electrons. The van der Waals surface area contributed by atoms with Crippen LogP contribution >= 0.6 is 0 Å². The summed E-state index contributed by atoms with van der Waals surface area (Å²) < 4.78 is 5.55. The molecule has 3 fully saturated rings. The van der Waals surface area contributed by atoms with Crippen molar-refractivity contribution in [1.82, 2.24) is 9.80 Å². The third-order valence-electron chi connectivity index (χ3n) is 4.50. The van der Waals surface area contributed by atoms with Gasteiger partial charge in [-0.1, -0.05) is 30.3 Å². The van der Waals surface area contributed by atoms with Crippen LogP contribution in [0.1, 0.15) is 39.2 Å². The van der Waals surface area contributed by atoms with E-state index in [0.29, 0.717) is 12.1 Å². The summed E-state index contributed by atoms with van der Waals surface area (Å²) >= 11 is 0. The minimum atomic E-state index is -0.419. The number of ether oxygens (including phenoxy) is 1. The van der Waals surface area contributed by atoms with Crippen molar-refractivity contribution in [2.75, 3.05) is 13.1 Å². The molecule has 3 heterocycles. The molecule has 4 rings (SSSR count). The number of piperazine rings is 1. The van der Waals surface area contributed by atoms with Crippen LogP contribution in [-0.2, 0) is 11.3 Å². The largest absolute Gasteiger partial charge is 0.444 e. The lowest BCUT2D eigenvalue weighted by molar-refractivity contribution is -0.0436. The van der Waals surface area contributed by atoms with Crippen LogP contribution in [0.2, 0.25) is 0 Å². The molecule has 0 spiro atoms. The van der Waals surface area contributed by atoms with Crippen molar-refractivity contribution in [3.05, 3.63) is 35.9 Å². The zero-order valence-corrected chi connectivity index (χ0v) is 13.8. The van der Waals surface area contributed by atoms with Gasteiger partial charge in [0.25, 0.3) is 0 Å². The number of benzene rings is 1. The fourth-order valence-electron chi connectivity index (χ4n) is 3.47. The van der Waals surface area contributed by atoms with Crippen LogP contribution in [0, 0.1) is 0 Å². The van der Waals surface area contributed by atoms with Crippen LogP contribution in [0.15, 0.2) is 30.3 Å². The quantitative estimate of drug-likeness (QED) is 0.840. The fourth-order valence-corrected chi connectivity index (χ4v) is 3.47. The van der Waals surface area contributed by atoms with Crippen molar-refractivity contribution < 1.29 is 9.53 Å². The lowest BCUT2D eigenvalue weighted by Gasteiger charge is -2.51. The summed E-state index contributed by atoms with van der Waals surface area (Å²) in [5.74, 6) is 0. The van der Waals surface area contributed by atoms with E-state index in [0.717, 1.165) is 26.1 Å². The molecule has 0 saturated carbocycles. The van der Waals surface area contributed by atoms with Crippen LogP contribution in [0.5, 0.6) is 0 Å². The summed E-state index contributed by atoms with van der Waals surface area (Å²) in [6.07, 6.45) is 2.12. The van der Waals surface area contributed by atoms with Crippen molar-refractivity contribution in [2.24, 2.45) is 0 Å². The van der Waals surface area contributed by atoms with E-state index >= 15 is 0 Å². The molecule has 1 aromatic carbocycles. The zero-order valence-electron chi connectivity index (χ0n) is 13.8. The Hall–Kier alpha value is -1.55. The van der Waals surface area contributed by atoms with Crippen LogP contribution in [0.25, 0.3) is 0 Å². The van der Waals surface area contributed by atoms with Gasteiger partial charge in [-0.05, 0) is 39.2 Å². The van der Waals surface area contributed by atoms with Gasteiger partial charge in [0.1, 0.15) is 5.60 Å². The van der Waals surface area contributed by atoms with E-state index in [1.165, 1.54) is 12.0 Å². The molecule has 0 unspecified atom stereocenters. The Labute approximate surface area is 133 Å². The lowest BCUT2D eigenvalue weighted by atomic mass is 9.90. The smallest absolute Gasteiger partial charge is 0.410 e. The standard InChI is InChI=1S/C18H26N2O2/c1-18(2,3)22-17(21)20-13-15-9-10-16(20)12-19(15)11-14-7-5-4-6-8-14/h4-8,15-16H,9-13H2,1-3H3/t15-,16-/m0/s1.